The van der Waals surface area contributed by atoms with Gasteiger partial charge in [-0.05, 0) is 20.3 Å². The number of rotatable bonds is 8. The van der Waals surface area contributed by atoms with E-state index in [0.29, 0.717) is 19.7 Å². The minimum Gasteiger partial charge on any atom is -0.379 e. The molecule has 2 heterocycles. The van der Waals surface area contributed by atoms with Gasteiger partial charge in [0.15, 0.2) is 0 Å². The maximum absolute atomic E-state index is 11.8. The van der Waals surface area contributed by atoms with Gasteiger partial charge in [-0.25, -0.2) is 22.7 Å². The number of hydrogen-bond acceptors (Lipinski definition) is 7. The van der Waals surface area contributed by atoms with Crippen LogP contribution in [0, 0.1) is 6.92 Å². The molecule has 1 aromatic rings. The van der Waals surface area contributed by atoms with Crippen LogP contribution in [0.1, 0.15) is 18.9 Å². The van der Waals surface area contributed by atoms with Crippen LogP contribution < -0.4 is 10.2 Å². The zero-order valence-corrected chi connectivity index (χ0v) is 15.6. The fraction of sp³-hybridized carbons (Fsp3) is 0.733. The second-order valence-electron chi connectivity index (χ2n) is 6.02. The summed E-state index contributed by atoms with van der Waals surface area (Å²) in [5.41, 5.74) is 0.952. The van der Waals surface area contributed by atoms with Crippen LogP contribution >= 0.6 is 0 Å². The van der Waals surface area contributed by atoms with Crippen molar-refractivity contribution in [3.63, 3.8) is 0 Å². The zero-order valence-electron chi connectivity index (χ0n) is 14.8. The van der Waals surface area contributed by atoms with Crippen LogP contribution in [-0.2, 0) is 14.8 Å². The highest BCUT2D eigenvalue weighted by Gasteiger charge is 2.20. The van der Waals surface area contributed by atoms with E-state index < -0.39 is 10.0 Å². The molecule has 1 saturated heterocycles. The Kier molecular flexibility index (Phi) is 6.36. The smallest absolute Gasteiger partial charge is 0.213 e. The first kappa shape index (κ1) is 18.9. The van der Waals surface area contributed by atoms with Gasteiger partial charge in [-0.1, -0.05) is 0 Å². The van der Waals surface area contributed by atoms with Crippen molar-refractivity contribution in [2.45, 2.75) is 26.3 Å². The molecular formula is C15H27N5O3S. The van der Waals surface area contributed by atoms with E-state index in [1.165, 1.54) is 10.6 Å². The SMILES string of the molecule is CCS(=O)(=O)N(C)CCN(C)c1ncnc(N[C@@H]2CCOC2)c1C. The maximum Gasteiger partial charge on any atom is 0.213 e. The number of ether oxygens (including phenoxy) is 1. The molecule has 136 valence electrons. The summed E-state index contributed by atoms with van der Waals surface area (Å²) in [6.45, 7) is 6.04. The summed E-state index contributed by atoms with van der Waals surface area (Å²) >= 11 is 0. The average Bonchev–Trinajstić information content (AvgIpc) is 3.07. The Labute approximate surface area is 144 Å². The van der Waals surface area contributed by atoms with Crippen LogP contribution in [0.2, 0.25) is 0 Å². The van der Waals surface area contributed by atoms with Gasteiger partial charge in [0.25, 0.3) is 0 Å². The first-order chi connectivity index (χ1) is 11.3. The molecule has 0 bridgehead atoms. The third-order valence-corrected chi connectivity index (χ3v) is 6.14. The quantitative estimate of drug-likeness (QED) is 0.733. The predicted octanol–water partition coefficient (Wildman–Crippen LogP) is 0.704. The minimum atomic E-state index is -3.16. The molecule has 1 N–H and O–H groups in total. The van der Waals surface area contributed by atoms with Crippen LogP contribution in [0.25, 0.3) is 0 Å². The molecule has 0 amide bonds. The molecule has 0 unspecified atom stereocenters. The topological polar surface area (TPSA) is 87.7 Å². The molecule has 1 aliphatic heterocycles. The van der Waals surface area contributed by atoms with Crippen LogP contribution in [0.3, 0.4) is 0 Å². The van der Waals surface area contributed by atoms with E-state index in [1.54, 1.807) is 14.0 Å². The van der Waals surface area contributed by atoms with Crippen molar-refractivity contribution in [3.05, 3.63) is 11.9 Å². The monoisotopic (exact) mass is 357 g/mol. The van der Waals surface area contributed by atoms with Crippen molar-refractivity contribution in [3.8, 4) is 0 Å². The highest BCUT2D eigenvalue weighted by atomic mass is 32.2. The lowest BCUT2D eigenvalue weighted by Gasteiger charge is -2.24. The van der Waals surface area contributed by atoms with Gasteiger partial charge in [0.1, 0.15) is 18.0 Å². The van der Waals surface area contributed by atoms with Crippen molar-refractivity contribution in [1.29, 1.82) is 0 Å². The van der Waals surface area contributed by atoms with E-state index in [-0.39, 0.29) is 11.8 Å². The third kappa shape index (κ3) is 4.55. The lowest BCUT2D eigenvalue weighted by atomic mass is 10.2. The number of hydrogen-bond donors (Lipinski definition) is 1. The Hall–Kier alpha value is -1.45. The number of aromatic nitrogens is 2. The van der Waals surface area contributed by atoms with Gasteiger partial charge in [0, 0.05) is 39.4 Å². The summed E-state index contributed by atoms with van der Waals surface area (Å²) in [5.74, 6) is 1.71. The van der Waals surface area contributed by atoms with E-state index in [9.17, 15) is 8.42 Å². The van der Waals surface area contributed by atoms with E-state index in [4.69, 9.17) is 4.74 Å². The Balaban J connectivity index is 2.02. The highest BCUT2D eigenvalue weighted by molar-refractivity contribution is 7.89. The molecule has 0 saturated carbocycles. The van der Waals surface area contributed by atoms with Crippen molar-refractivity contribution in [1.82, 2.24) is 14.3 Å². The molecule has 1 atom stereocenters. The van der Waals surface area contributed by atoms with Gasteiger partial charge < -0.3 is 15.0 Å². The molecule has 2 rings (SSSR count). The normalized spacial score (nSPS) is 18.1. The molecular weight excluding hydrogens is 330 g/mol. The molecule has 24 heavy (non-hydrogen) atoms. The van der Waals surface area contributed by atoms with Crippen molar-refractivity contribution in [2.75, 3.05) is 56.4 Å². The van der Waals surface area contributed by atoms with E-state index in [1.807, 2.05) is 18.9 Å². The van der Waals surface area contributed by atoms with Gasteiger partial charge in [0.05, 0.1) is 18.4 Å². The standard InChI is InChI=1S/C15H27N5O3S/c1-5-24(21,22)20(4)8-7-19(3)15-12(2)14(16-11-17-15)18-13-6-9-23-10-13/h11,13H,5-10H2,1-4H3,(H,16,17,18)/t13-/m1/s1. The summed E-state index contributed by atoms with van der Waals surface area (Å²) in [4.78, 5) is 10.6. The first-order valence-corrected chi connectivity index (χ1v) is 9.77. The lowest BCUT2D eigenvalue weighted by Crippen LogP contribution is -2.36. The lowest BCUT2D eigenvalue weighted by molar-refractivity contribution is 0.195. The van der Waals surface area contributed by atoms with Gasteiger partial charge in [-0.3, -0.25) is 0 Å². The summed E-state index contributed by atoms with van der Waals surface area (Å²) < 4.78 is 30.4. The van der Waals surface area contributed by atoms with Crippen molar-refractivity contribution in [2.24, 2.45) is 0 Å². The second-order valence-corrected chi connectivity index (χ2v) is 8.38. The summed E-state index contributed by atoms with van der Waals surface area (Å²) in [6.07, 6.45) is 2.50. The number of sulfonamides is 1. The fourth-order valence-electron chi connectivity index (χ4n) is 2.57. The van der Waals surface area contributed by atoms with Crippen LogP contribution in [-0.4, -0.2) is 74.9 Å². The molecule has 8 nitrogen and oxygen atoms in total. The van der Waals surface area contributed by atoms with Gasteiger partial charge >= 0.3 is 0 Å². The molecule has 0 radical (unpaired) electrons. The number of nitrogens with one attached hydrogen (secondary N) is 1. The highest BCUT2D eigenvalue weighted by Crippen LogP contribution is 2.23. The summed E-state index contributed by atoms with van der Waals surface area (Å²) in [6, 6.07) is 0.276. The van der Waals surface area contributed by atoms with E-state index in [0.717, 1.165) is 30.2 Å². The largest absolute Gasteiger partial charge is 0.379 e. The van der Waals surface area contributed by atoms with Crippen LogP contribution in [0.4, 0.5) is 11.6 Å². The fourth-order valence-corrected chi connectivity index (χ4v) is 3.37. The molecule has 0 aliphatic carbocycles. The first-order valence-electron chi connectivity index (χ1n) is 8.16. The second kappa shape index (κ2) is 8.09. The van der Waals surface area contributed by atoms with Gasteiger partial charge in [0.2, 0.25) is 10.0 Å². The summed E-state index contributed by atoms with van der Waals surface area (Å²) in [5, 5.41) is 3.39. The summed E-state index contributed by atoms with van der Waals surface area (Å²) in [7, 11) is 0.348. The van der Waals surface area contributed by atoms with Crippen molar-refractivity contribution >= 4 is 21.7 Å². The Morgan fingerprint density at radius 1 is 1.33 bits per heavy atom. The Morgan fingerprint density at radius 2 is 2.08 bits per heavy atom. The maximum atomic E-state index is 11.8. The Morgan fingerprint density at radius 3 is 2.71 bits per heavy atom. The Bertz CT molecular complexity index is 647. The predicted molar refractivity (Wildman–Crippen MR) is 95.0 cm³/mol. The molecule has 9 heteroatoms. The number of nitrogens with zero attached hydrogens (tertiary/aromatic N) is 4. The molecule has 0 aromatic carbocycles. The minimum absolute atomic E-state index is 0.108. The van der Waals surface area contributed by atoms with E-state index in [2.05, 4.69) is 15.3 Å². The molecule has 1 fully saturated rings. The van der Waals surface area contributed by atoms with Crippen molar-refractivity contribution < 1.29 is 13.2 Å². The molecule has 0 spiro atoms. The van der Waals surface area contributed by atoms with E-state index >= 15 is 0 Å². The van der Waals surface area contributed by atoms with Crippen LogP contribution in [0.5, 0.6) is 0 Å². The molecule has 1 aromatic heterocycles. The van der Waals surface area contributed by atoms with Gasteiger partial charge in [-0.15, -0.1) is 0 Å². The number of anilines is 2. The number of likely N-dealkylation sites (N-methyl/N-ethyl adjacent to an activating group) is 2. The zero-order chi connectivity index (χ0) is 17.7. The van der Waals surface area contributed by atoms with Gasteiger partial charge in [-0.2, -0.15) is 0 Å². The van der Waals surface area contributed by atoms with Crippen LogP contribution in [0.15, 0.2) is 6.33 Å². The average molecular weight is 357 g/mol. The third-order valence-electron chi connectivity index (χ3n) is 4.28. The molecule has 1 aliphatic rings.